The molecule has 1 saturated carbocycles. The second-order valence-electron chi connectivity index (χ2n) is 7.81. The first kappa shape index (κ1) is 19.9. The lowest BCUT2D eigenvalue weighted by molar-refractivity contribution is 0.0867. The molecule has 6 nitrogen and oxygen atoms in total. The highest BCUT2D eigenvalue weighted by Crippen LogP contribution is 2.21. The van der Waals surface area contributed by atoms with E-state index in [4.69, 9.17) is 0 Å². The Morgan fingerprint density at radius 1 is 1.16 bits per heavy atom. The number of aryl methyl sites for hydroxylation is 1. The normalized spacial score (nSPS) is 21.8. The molecule has 3 N–H and O–H groups in total. The fourth-order valence-electron chi connectivity index (χ4n) is 2.96. The van der Waals surface area contributed by atoms with E-state index in [2.05, 4.69) is 10.0 Å². The maximum Gasteiger partial charge on any atom is 0.251 e. The van der Waals surface area contributed by atoms with Crippen molar-refractivity contribution in [1.82, 2.24) is 10.0 Å². The maximum absolute atomic E-state index is 12.6. The van der Waals surface area contributed by atoms with Crippen molar-refractivity contribution in [2.24, 2.45) is 0 Å². The fraction of sp³-hybridized carbons (Fsp3) is 0.611. The van der Waals surface area contributed by atoms with E-state index in [-0.39, 0.29) is 22.9 Å². The summed E-state index contributed by atoms with van der Waals surface area (Å²) in [5.41, 5.74) is 0.487. The Morgan fingerprint density at radius 3 is 2.32 bits per heavy atom. The topological polar surface area (TPSA) is 95.5 Å². The van der Waals surface area contributed by atoms with E-state index in [1.807, 2.05) is 0 Å². The summed E-state index contributed by atoms with van der Waals surface area (Å²) in [6.07, 6.45) is 2.53. The van der Waals surface area contributed by atoms with Gasteiger partial charge in [0.15, 0.2) is 0 Å². The Kier molecular flexibility index (Phi) is 5.91. The van der Waals surface area contributed by atoms with Crippen molar-refractivity contribution in [3.05, 3.63) is 29.3 Å². The highest BCUT2D eigenvalue weighted by Gasteiger charge is 2.25. The second kappa shape index (κ2) is 7.43. The predicted molar refractivity (Wildman–Crippen MR) is 97.0 cm³/mol. The summed E-state index contributed by atoms with van der Waals surface area (Å²) >= 11 is 0. The van der Waals surface area contributed by atoms with Crippen LogP contribution in [0.2, 0.25) is 0 Å². The van der Waals surface area contributed by atoms with Crippen LogP contribution in [-0.4, -0.2) is 37.1 Å². The molecule has 140 valence electrons. The molecule has 1 amide bonds. The minimum Gasteiger partial charge on any atom is -0.393 e. The number of rotatable bonds is 4. The molecule has 1 aromatic carbocycles. The standard InChI is InChI=1S/C18H28N2O4S/c1-12-5-10-15(25(23,24)20-18(2,3)4)11-16(12)17(22)19-13-6-8-14(21)9-7-13/h5,10-11,13-14,20-21H,6-9H2,1-4H3,(H,19,22). The molecule has 0 radical (unpaired) electrons. The van der Waals surface area contributed by atoms with E-state index in [0.29, 0.717) is 18.4 Å². The van der Waals surface area contributed by atoms with Crippen molar-refractivity contribution in [3.8, 4) is 0 Å². The number of amides is 1. The molecule has 7 heteroatoms. The number of aliphatic hydroxyl groups excluding tert-OH is 1. The molecule has 0 unspecified atom stereocenters. The van der Waals surface area contributed by atoms with Crippen LogP contribution in [0.25, 0.3) is 0 Å². The van der Waals surface area contributed by atoms with Gasteiger partial charge in [0.05, 0.1) is 11.0 Å². The summed E-state index contributed by atoms with van der Waals surface area (Å²) in [5.74, 6) is -0.272. The Labute approximate surface area is 150 Å². The first-order chi connectivity index (χ1) is 11.5. The number of carbonyl (C=O) groups is 1. The Bertz CT molecular complexity index is 730. The van der Waals surface area contributed by atoms with Gasteiger partial charge in [0.25, 0.3) is 5.91 Å². The Hall–Kier alpha value is -1.44. The third kappa shape index (κ3) is 5.52. The highest BCUT2D eigenvalue weighted by molar-refractivity contribution is 7.89. The smallest absolute Gasteiger partial charge is 0.251 e. The van der Waals surface area contributed by atoms with Crippen LogP contribution in [0.5, 0.6) is 0 Å². The van der Waals surface area contributed by atoms with Crippen LogP contribution >= 0.6 is 0 Å². The van der Waals surface area contributed by atoms with Crippen LogP contribution < -0.4 is 10.0 Å². The van der Waals surface area contributed by atoms with Crippen LogP contribution in [0.1, 0.15) is 62.4 Å². The number of hydrogen-bond acceptors (Lipinski definition) is 4. The summed E-state index contributed by atoms with van der Waals surface area (Å²) in [6, 6.07) is 4.60. The number of hydrogen-bond donors (Lipinski definition) is 3. The lowest BCUT2D eigenvalue weighted by Gasteiger charge is -2.26. The number of sulfonamides is 1. The van der Waals surface area contributed by atoms with E-state index in [9.17, 15) is 18.3 Å². The largest absolute Gasteiger partial charge is 0.393 e. The molecular weight excluding hydrogens is 340 g/mol. The maximum atomic E-state index is 12.6. The minimum absolute atomic E-state index is 0.0169. The lowest BCUT2D eigenvalue weighted by atomic mass is 9.93. The van der Waals surface area contributed by atoms with Gasteiger partial charge in [0, 0.05) is 17.1 Å². The van der Waals surface area contributed by atoms with Crippen LogP contribution in [0, 0.1) is 6.92 Å². The van der Waals surface area contributed by atoms with Crippen LogP contribution in [-0.2, 0) is 10.0 Å². The molecule has 0 bridgehead atoms. The average molecular weight is 368 g/mol. The number of carbonyl (C=O) groups excluding carboxylic acids is 1. The van der Waals surface area contributed by atoms with Gasteiger partial charge in [-0.3, -0.25) is 4.79 Å². The summed E-state index contributed by atoms with van der Waals surface area (Å²) in [7, 11) is -3.69. The SMILES string of the molecule is Cc1ccc(S(=O)(=O)NC(C)(C)C)cc1C(=O)NC1CCC(O)CC1. The zero-order valence-electron chi connectivity index (χ0n) is 15.3. The lowest BCUT2D eigenvalue weighted by Crippen LogP contribution is -2.41. The molecule has 1 fully saturated rings. The zero-order chi connectivity index (χ0) is 18.8. The minimum atomic E-state index is -3.69. The van der Waals surface area contributed by atoms with Gasteiger partial charge < -0.3 is 10.4 Å². The van der Waals surface area contributed by atoms with Crippen molar-refractivity contribution in [2.45, 2.75) is 76.0 Å². The first-order valence-electron chi connectivity index (χ1n) is 8.61. The molecular formula is C18H28N2O4S. The molecule has 0 atom stereocenters. The number of nitrogens with one attached hydrogen (secondary N) is 2. The molecule has 0 aliphatic heterocycles. The van der Waals surface area contributed by atoms with Gasteiger partial charge in [-0.2, -0.15) is 0 Å². The monoisotopic (exact) mass is 368 g/mol. The molecule has 1 aliphatic carbocycles. The summed E-state index contributed by atoms with van der Waals surface area (Å²) in [4.78, 5) is 12.7. The third-order valence-electron chi connectivity index (χ3n) is 4.24. The van der Waals surface area contributed by atoms with Crippen molar-refractivity contribution >= 4 is 15.9 Å². The molecule has 0 spiro atoms. The Balaban J connectivity index is 2.19. The molecule has 0 aromatic heterocycles. The van der Waals surface area contributed by atoms with E-state index < -0.39 is 15.6 Å². The summed E-state index contributed by atoms with van der Waals surface area (Å²) in [6.45, 7) is 7.09. The first-order valence-corrected chi connectivity index (χ1v) is 10.1. The predicted octanol–water partition coefficient (Wildman–Crippen LogP) is 2.11. The van der Waals surface area contributed by atoms with Crippen LogP contribution in [0.3, 0.4) is 0 Å². The molecule has 25 heavy (non-hydrogen) atoms. The van der Waals surface area contributed by atoms with Crippen molar-refractivity contribution in [1.29, 1.82) is 0 Å². The van der Waals surface area contributed by atoms with Crippen LogP contribution in [0.4, 0.5) is 0 Å². The van der Waals surface area contributed by atoms with Gasteiger partial charge >= 0.3 is 0 Å². The number of benzene rings is 1. The van der Waals surface area contributed by atoms with Gasteiger partial charge in [0.1, 0.15) is 0 Å². The van der Waals surface area contributed by atoms with E-state index in [1.54, 1.807) is 33.8 Å². The highest BCUT2D eigenvalue weighted by atomic mass is 32.2. The molecule has 2 rings (SSSR count). The molecule has 0 heterocycles. The van der Waals surface area contributed by atoms with E-state index >= 15 is 0 Å². The summed E-state index contributed by atoms with van der Waals surface area (Å²) < 4.78 is 27.6. The van der Waals surface area contributed by atoms with Crippen molar-refractivity contribution in [3.63, 3.8) is 0 Å². The molecule has 1 aliphatic rings. The quantitative estimate of drug-likeness (QED) is 0.758. The number of aliphatic hydroxyl groups is 1. The fourth-order valence-corrected chi connectivity index (χ4v) is 4.40. The molecule has 1 aromatic rings. The van der Waals surface area contributed by atoms with Gasteiger partial charge in [-0.1, -0.05) is 6.07 Å². The Morgan fingerprint density at radius 2 is 1.76 bits per heavy atom. The van der Waals surface area contributed by atoms with E-state index in [1.165, 1.54) is 12.1 Å². The van der Waals surface area contributed by atoms with Crippen molar-refractivity contribution in [2.75, 3.05) is 0 Å². The summed E-state index contributed by atoms with van der Waals surface area (Å²) in [5, 5.41) is 12.5. The van der Waals surface area contributed by atoms with Crippen molar-refractivity contribution < 1.29 is 18.3 Å². The van der Waals surface area contributed by atoms with Gasteiger partial charge in [0.2, 0.25) is 10.0 Å². The average Bonchev–Trinajstić information content (AvgIpc) is 2.47. The van der Waals surface area contributed by atoms with Gasteiger partial charge in [-0.15, -0.1) is 0 Å². The van der Waals surface area contributed by atoms with Gasteiger partial charge in [-0.25, -0.2) is 13.1 Å². The van der Waals surface area contributed by atoms with E-state index in [0.717, 1.165) is 18.4 Å². The van der Waals surface area contributed by atoms with Crippen LogP contribution in [0.15, 0.2) is 23.1 Å². The second-order valence-corrected chi connectivity index (χ2v) is 9.49. The zero-order valence-corrected chi connectivity index (χ0v) is 16.1. The third-order valence-corrected chi connectivity index (χ3v) is 5.99. The molecule has 0 saturated heterocycles. The van der Waals surface area contributed by atoms with Gasteiger partial charge in [-0.05, 0) is 71.1 Å².